The Hall–Kier alpha value is -0.860. The van der Waals surface area contributed by atoms with Gasteiger partial charge in [0.25, 0.3) is 0 Å². The number of nitrogens with one attached hydrogen (secondary N) is 1. The van der Waals surface area contributed by atoms with Crippen molar-refractivity contribution in [3.63, 3.8) is 0 Å². The molecule has 1 rings (SSSR count). The number of benzene rings is 1. The van der Waals surface area contributed by atoms with Crippen LogP contribution < -0.4 is 5.32 Å². The van der Waals surface area contributed by atoms with Crippen LogP contribution in [0.1, 0.15) is 49.4 Å². The molecule has 0 aliphatic rings. The highest BCUT2D eigenvalue weighted by molar-refractivity contribution is 5.30. The van der Waals surface area contributed by atoms with Crippen molar-refractivity contribution in [1.82, 2.24) is 5.32 Å². The van der Waals surface area contributed by atoms with E-state index in [-0.39, 0.29) is 6.04 Å². The molecule has 0 aliphatic carbocycles. The van der Waals surface area contributed by atoms with Gasteiger partial charge in [-0.2, -0.15) is 0 Å². The summed E-state index contributed by atoms with van der Waals surface area (Å²) >= 11 is 0. The fraction of sp³-hybridized carbons (Fsp3) is 0.647. The maximum atomic E-state index is 5.81. The van der Waals surface area contributed by atoms with Gasteiger partial charge in [-0.25, -0.2) is 0 Å². The Morgan fingerprint density at radius 3 is 2.26 bits per heavy atom. The Bertz CT molecular complexity index is 353. The van der Waals surface area contributed by atoms with Crippen LogP contribution in [0, 0.1) is 19.8 Å². The fourth-order valence-corrected chi connectivity index (χ4v) is 2.35. The van der Waals surface area contributed by atoms with Crippen LogP contribution in [0.15, 0.2) is 18.2 Å². The predicted octanol–water partition coefficient (Wildman–Crippen LogP) is 4.02. The molecule has 0 bridgehead atoms. The van der Waals surface area contributed by atoms with Gasteiger partial charge in [0.2, 0.25) is 0 Å². The van der Waals surface area contributed by atoms with Crippen LogP contribution in [0.4, 0.5) is 0 Å². The molecule has 1 N–H and O–H groups in total. The lowest BCUT2D eigenvalue weighted by molar-refractivity contribution is 0.108. The highest BCUT2D eigenvalue weighted by Crippen LogP contribution is 2.17. The second kappa shape index (κ2) is 8.34. The van der Waals surface area contributed by atoms with Crippen LogP contribution in [-0.4, -0.2) is 20.3 Å². The highest BCUT2D eigenvalue weighted by atomic mass is 16.5. The van der Waals surface area contributed by atoms with Crippen molar-refractivity contribution in [3.05, 3.63) is 34.9 Å². The molecular weight excluding hydrogens is 234 g/mol. The first-order chi connectivity index (χ1) is 9.02. The summed E-state index contributed by atoms with van der Waals surface area (Å²) in [6, 6.07) is 6.98. The van der Waals surface area contributed by atoms with Gasteiger partial charge in [0.05, 0.1) is 12.6 Å². The predicted molar refractivity (Wildman–Crippen MR) is 82.6 cm³/mol. The van der Waals surface area contributed by atoms with E-state index in [4.69, 9.17) is 4.74 Å². The molecule has 108 valence electrons. The number of aryl methyl sites for hydroxylation is 2. The Morgan fingerprint density at radius 2 is 1.74 bits per heavy atom. The molecule has 2 nitrogen and oxygen atoms in total. The molecule has 0 spiro atoms. The first-order valence-electron chi connectivity index (χ1n) is 7.36. The van der Waals surface area contributed by atoms with E-state index in [1.807, 2.05) is 7.05 Å². The maximum absolute atomic E-state index is 5.81. The van der Waals surface area contributed by atoms with Gasteiger partial charge < -0.3 is 10.1 Å². The molecule has 1 aromatic rings. The molecule has 1 atom stereocenters. The van der Waals surface area contributed by atoms with Crippen molar-refractivity contribution in [2.24, 2.45) is 5.92 Å². The van der Waals surface area contributed by atoms with Crippen molar-refractivity contribution in [3.8, 4) is 0 Å². The van der Waals surface area contributed by atoms with E-state index in [2.05, 4.69) is 51.2 Å². The molecule has 2 heteroatoms. The number of rotatable bonds is 8. The van der Waals surface area contributed by atoms with Crippen molar-refractivity contribution >= 4 is 0 Å². The highest BCUT2D eigenvalue weighted by Gasteiger charge is 2.10. The minimum Gasteiger partial charge on any atom is -0.379 e. The summed E-state index contributed by atoms with van der Waals surface area (Å²) in [4.78, 5) is 0. The van der Waals surface area contributed by atoms with Crippen molar-refractivity contribution in [2.45, 2.75) is 46.6 Å². The summed E-state index contributed by atoms with van der Waals surface area (Å²) in [6.45, 7) is 10.4. The van der Waals surface area contributed by atoms with Gasteiger partial charge in [0, 0.05) is 6.61 Å². The zero-order valence-electron chi connectivity index (χ0n) is 13.1. The Kier molecular flexibility index (Phi) is 7.11. The SMILES string of the molecule is CNC(COCCCC(C)C)c1cc(C)cc(C)c1. The lowest BCUT2D eigenvalue weighted by atomic mass is 10.0. The first-order valence-corrected chi connectivity index (χ1v) is 7.36. The standard InChI is InChI=1S/C17H29NO/c1-13(2)7-6-8-19-12-17(18-5)16-10-14(3)9-15(4)11-16/h9-11,13,17-18H,6-8,12H2,1-5H3. The third-order valence-corrected chi connectivity index (χ3v) is 3.35. The minimum atomic E-state index is 0.289. The van der Waals surface area contributed by atoms with E-state index < -0.39 is 0 Å². The second-order valence-corrected chi connectivity index (χ2v) is 5.87. The van der Waals surface area contributed by atoms with Gasteiger partial charge in [-0.15, -0.1) is 0 Å². The molecule has 0 aliphatic heterocycles. The molecule has 19 heavy (non-hydrogen) atoms. The first kappa shape index (κ1) is 16.2. The third-order valence-electron chi connectivity index (χ3n) is 3.35. The monoisotopic (exact) mass is 263 g/mol. The lowest BCUT2D eigenvalue weighted by Crippen LogP contribution is -2.22. The van der Waals surface area contributed by atoms with Gasteiger partial charge in [-0.3, -0.25) is 0 Å². The van der Waals surface area contributed by atoms with Crippen molar-refractivity contribution in [2.75, 3.05) is 20.3 Å². The van der Waals surface area contributed by atoms with E-state index in [0.29, 0.717) is 0 Å². The van der Waals surface area contributed by atoms with Gasteiger partial charge in [0.1, 0.15) is 0 Å². The molecule has 0 saturated heterocycles. The number of hydrogen-bond acceptors (Lipinski definition) is 2. The summed E-state index contributed by atoms with van der Waals surface area (Å²) in [7, 11) is 2.00. The smallest absolute Gasteiger partial charge is 0.0661 e. The van der Waals surface area contributed by atoms with Gasteiger partial charge in [-0.05, 0) is 45.2 Å². The number of ether oxygens (including phenoxy) is 1. The molecule has 0 saturated carbocycles. The lowest BCUT2D eigenvalue weighted by Gasteiger charge is -2.18. The summed E-state index contributed by atoms with van der Waals surface area (Å²) in [5, 5.41) is 3.35. The largest absolute Gasteiger partial charge is 0.379 e. The molecule has 0 amide bonds. The van der Waals surface area contributed by atoms with Gasteiger partial charge in [-0.1, -0.05) is 43.2 Å². The zero-order valence-corrected chi connectivity index (χ0v) is 13.1. The van der Waals surface area contributed by atoms with E-state index in [9.17, 15) is 0 Å². The van der Waals surface area contributed by atoms with Crippen LogP contribution in [0.5, 0.6) is 0 Å². The molecule has 0 heterocycles. The third kappa shape index (κ3) is 6.22. The second-order valence-electron chi connectivity index (χ2n) is 5.87. The Morgan fingerprint density at radius 1 is 1.11 bits per heavy atom. The van der Waals surface area contributed by atoms with Gasteiger partial charge in [0.15, 0.2) is 0 Å². The average Bonchev–Trinajstić information content (AvgIpc) is 2.32. The van der Waals surface area contributed by atoms with Crippen LogP contribution in [0.25, 0.3) is 0 Å². The van der Waals surface area contributed by atoms with Crippen LogP contribution in [-0.2, 0) is 4.74 Å². The van der Waals surface area contributed by atoms with Crippen LogP contribution in [0.3, 0.4) is 0 Å². The van der Waals surface area contributed by atoms with Crippen LogP contribution in [0.2, 0.25) is 0 Å². The normalized spacial score (nSPS) is 12.9. The summed E-state index contributed by atoms with van der Waals surface area (Å²) < 4.78 is 5.81. The average molecular weight is 263 g/mol. The molecule has 1 unspecified atom stereocenters. The van der Waals surface area contributed by atoms with E-state index >= 15 is 0 Å². The Labute approximate surface area is 118 Å². The minimum absolute atomic E-state index is 0.289. The molecule has 1 aromatic carbocycles. The fourth-order valence-electron chi connectivity index (χ4n) is 2.35. The molecule has 0 aromatic heterocycles. The van der Waals surface area contributed by atoms with Crippen molar-refractivity contribution < 1.29 is 4.74 Å². The number of likely N-dealkylation sites (N-methyl/N-ethyl adjacent to an activating group) is 1. The summed E-state index contributed by atoms with van der Waals surface area (Å²) in [6.07, 6.45) is 2.40. The Balaban J connectivity index is 2.44. The zero-order chi connectivity index (χ0) is 14.3. The summed E-state index contributed by atoms with van der Waals surface area (Å²) in [5.74, 6) is 0.767. The van der Waals surface area contributed by atoms with Crippen LogP contribution >= 0.6 is 0 Å². The molecule has 0 radical (unpaired) electrons. The molecule has 0 fully saturated rings. The quantitative estimate of drug-likeness (QED) is 0.715. The van der Waals surface area contributed by atoms with E-state index in [1.165, 1.54) is 23.1 Å². The van der Waals surface area contributed by atoms with Crippen molar-refractivity contribution in [1.29, 1.82) is 0 Å². The molecular formula is C17H29NO. The van der Waals surface area contributed by atoms with Gasteiger partial charge >= 0.3 is 0 Å². The maximum Gasteiger partial charge on any atom is 0.0661 e. The topological polar surface area (TPSA) is 21.3 Å². The number of hydrogen-bond donors (Lipinski definition) is 1. The van der Waals surface area contributed by atoms with E-state index in [0.717, 1.165) is 25.6 Å². The van der Waals surface area contributed by atoms with E-state index in [1.54, 1.807) is 0 Å². The summed E-state index contributed by atoms with van der Waals surface area (Å²) in [5.41, 5.74) is 3.95.